The number of benzene rings is 1. The smallest absolute Gasteiger partial charge is 0.419 e. The lowest BCUT2D eigenvalue weighted by Crippen LogP contribution is -2.25. The molecule has 1 heterocycles. The maximum Gasteiger partial charge on any atom is 0.419 e. The van der Waals surface area contributed by atoms with Gasteiger partial charge in [-0.3, -0.25) is 4.90 Å². The van der Waals surface area contributed by atoms with Crippen LogP contribution in [-0.2, 0) is 12.7 Å². The molecule has 1 saturated heterocycles. The Balaban J connectivity index is 2.08. The summed E-state index contributed by atoms with van der Waals surface area (Å²) in [6.45, 7) is 8.91. The van der Waals surface area contributed by atoms with Crippen molar-refractivity contribution in [3.05, 3.63) is 29.3 Å². The average Bonchev–Trinajstić information content (AvgIpc) is 2.78. The standard InChI is InChI=1S/C16H22F3NO/c1-15(2,3)12-6-7-20(10-12)9-11-4-5-14(21)13(8-11)16(17,18)19/h4-5,8,12,21H,6-7,9-10H2,1-3H3. The fourth-order valence-corrected chi connectivity index (χ4v) is 2.85. The minimum atomic E-state index is -4.51. The van der Waals surface area contributed by atoms with Crippen LogP contribution < -0.4 is 0 Å². The second-order valence-corrected chi connectivity index (χ2v) is 6.94. The van der Waals surface area contributed by atoms with Crippen LogP contribution in [0.2, 0.25) is 0 Å². The van der Waals surface area contributed by atoms with Gasteiger partial charge in [0.2, 0.25) is 0 Å². The Labute approximate surface area is 123 Å². The topological polar surface area (TPSA) is 23.5 Å². The molecular formula is C16H22F3NO. The molecule has 0 bridgehead atoms. The summed E-state index contributed by atoms with van der Waals surface area (Å²) in [5.74, 6) is -0.142. The normalized spacial score (nSPS) is 21.0. The average molecular weight is 301 g/mol. The lowest BCUT2D eigenvalue weighted by atomic mass is 9.80. The molecule has 1 aromatic carbocycles. The van der Waals surface area contributed by atoms with Gasteiger partial charge in [-0.1, -0.05) is 26.8 Å². The molecule has 5 heteroatoms. The minimum Gasteiger partial charge on any atom is -0.507 e. The zero-order chi connectivity index (χ0) is 15.8. The first-order chi connectivity index (χ1) is 9.57. The SMILES string of the molecule is CC(C)(C)C1CCN(Cc2ccc(O)c(C(F)(F)F)c2)C1. The van der Waals surface area contributed by atoms with E-state index in [0.29, 0.717) is 18.0 Å². The van der Waals surface area contributed by atoms with E-state index in [0.717, 1.165) is 31.6 Å². The summed E-state index contributed by atoms with van der Waals surface area (Å²) in [5.41, 5.74) is -0.137. The summed E-state index contributed by atoms with van der Waals surface area (Å²) < 4.78 is 38.4. The predicted octanol–water partition coefficient (Wildman–Crippen LogP) is 4.28. The van der Waals surface area contributed by atoms with E-state index >= 15 is 0 Å². The van der Waals surface area contributed by atoms with Gasteiger partial charge in [-0.15, -0.1) is 0 Å². The van der Waals surface area contributed by atoms with Gasteiger partial charge in [-0.05, 0) is 42.0 Å². The summed E-state index contributed by atoms with van der Waals surface area (Å²) in [5, 5.41) is 9.35. The van der Waals surface area contributed by atoms with E-state index in [2.05, 4.69) is 25.7 Å². The minimum absolute atomic E-state index is 0.223. The molecule has 1 unspecified atom stereocenters. The number of hydrogen-bond acceptors (Lipinski definition) is 2. The number of phenols is 1. The third-order valence-corrected chi connectivity index (χ3v) is 4.27. The maximum absolute atomic E-state index is 12.8. The van der Waals surface area contributed by atoms with Crippen LogP contribution in [0.3, 0.4) is 0 Å². The van der Waals surface area contributed by atoms with Crippen molar-refractivity contribution in [2.24, 2.45) is 11.3 Å². The summed E-state index contributed by atoms with van der Waals surface area (Å²) in [6.07, 6.45) is -3.44. The second-order valence-electron chi connectivity index (χ2n) is 6.94. The third-order valence-electron chi connectivity index (χ3n) is 4.27. The third kappa shape index (κ3) is 3.90. The molecule has 1 aromatic rings. The maximum atomic E-state index is 12.8. The number of rotatable bonds is 2. The van der Waals surface area contributed by atoms with Crippen molar-refractivity contribution >= 4 is 0 Å². The van der Waals surface area contributed by atoms with Gasteiger partial charge in [0, 0.05) is 13.1 Å². The van der Waals surface area contributed by atoms with Gasteiger partial charge >= 0.3 is 6.18 Å². The molecule has 1 atom stereocenters. The van der Waals surface area contributed by atoms with E-state index in [1.807, 2.05) is 0 Å². The molecule has 0 amide bonds. The largest absolute Gasteiger partial charge is 0.507 e. The quantitative estimate of drug-likeness (QED) is 0.881. The first-order valence-electron chi connectivity index (χ1n) is 7.19. The molecule has 1 N–H and O–H groups in total. The highest BCUT2D eigenvalue weighted by Crippen LogP contribution is 2.37. The van der Waals surface area contributed by atoms with Crippen molar-refractivity contribution < 1.29 is 18.3 Å². The van der Waals surface area contributed by atoms with Crippen molar-refractivity contribution in [2.75, 3.05) is 13.1 Å². The van der Waals surface area contributed by atoms with Crippen LogP contribution >= 0.6 is 0 Å². The van der Waals surface area contributed by atoms with E-state index in [-0.39, 0.29) is 5.41 Å². The number of hydrogen-bond donors (Lipinski definition) is 1. The zero-order valence-corrected chi connectivity index (χ0v) is 12.7. The highest BCUT2D eigenvalue weighted by atomic mass is 19.4. The molecule has 1 aliphatic rings. The molecule has 1 aliphatic heterocycles. The highest BCUT2D eigenvalue weighted by molar-refractivity contribution is 5.38. The Bertz CT molecular complexity index is 505. The van der Waals surface area contributed by atoms with E-state index < -0.39 is 17.5 Å². The van der Waals surface area contributed by atoms with Crippen LogP contribution in [0.25, 0.3) is 0 Å². The zero-order valence-electron chi connectivity index (χ0n) is 12.7. The van der Waals surface area contributed by atoms with Crippen LogP contribution in [-0.4, -0.2) is 23.1 Å². The predicted molar refractivity (Wildman–Crippen MR) is 75.9 cm³/mol. The number of alkyl halides is 3. The fraction of sp³-hybridized carbons (Fsp3) is 0.625. The second kappa shape index (κ2) is 5.52. The molecule has 2 nitrogen and oxygen atoms in total. The van der Waals surface area contributed by atoms with E-state index in [4.69, 9.17) is 0 Å². The molecule has 1 fully saturated rings. The van der Waals surface area contributed by atoms with Crippen LogP contribution in [0.5, 0.6) is 5.75 Å². The van der Waals surface area contributed by atoms with Crippen LogP contribution in [0.15, 0.2) is 18.2 Å². The Kier molecular flexibility index (Phi) is 4.24. The van der Waals surface area contributed by atoms with Gasteiger partial charge in [0.15, 0.2) is 0 Å². The number of halogens is 3. The number of nitrogens with zero attached hydrogens (tertiary/aromatic N) is 1. The molecule has 0 saturated carbocycles. The molecule has 21 heavy (non-hydrogen) atoms. The summed E-state index contributed by atoms with van der Waals surface area (Å²) in [6, 6.07) is 3.75. The van der Waals surface area contributed by atoms with Gasteiger partial charge in [-0.2, -0.15) is 13.2 Å². The summed E-state index contributed by atoms with van der Waals surface area (Å²) in [7, 11) is 0. The molecule has 0 aromatic heterocycles. The van der Waals surface area contributed by atoms with Crippen molar-refractivity contribution in [2.45, 2.75) is 39.9 Å². The van der Waals surface area contributed by atoms with Gasteiger partial charge < -0.3 is 5.11 Å². The van der Waals surface area contributed by atoms with E-state index in [1.165, 1.54) is 0 Å². The van der Waals surface area contributed by atoms with E-state index in [1.54, 1.807) is 6.07 Å². The Morgan fingerprint density at radius 1 is 1.24 bits per heavy atom. The van der Waals surface area contributed by atoms with Crippen molar-refractivity contribution in [1.29, 1.82) is 0 Å². The Morgan fingerprint density at radius 2 is 1.90 bits per heavy atom. The Morgan fingerprint density at radius 3 is 2.43 bits per heavy atom. The molecular weight excluding hydrogens is 279 g/mol. The van der Waals surface area contributed by atoms with Crippen LogP contribution in [0.4, 0.5) is 13.2 Å². The molecule has 0 aliphatic carbocycles. The molecule has 0 spiro atoms. The fourth-order valence-electron chi connectivity index (χ4n) is 2.85. The number of aromatic hydroxyl groups is 1. The van der Waals surface area contributed by atoms with Gasteiger partial charge in [0.1, 0.15) is 5.75 Å². The number of likely N-dealkylation sites (tertiary alicyclic amines) is 1. The van der Waals surface area contributed by atoms with Gasteiger partial charge in [0.25, 0.3) is 0 Å². The molecule has 2 rings (SSSR count). The lowest BCUT2D eigenvalue weighted by molar-refractivity contribution is -0.138. The summed E-state index contributed by atoms with van der Waals surface area (Å²) >= 11 is 0. The van der Waals surface area contributed by atoms with Gasteiger partial charge in [0.05, 0.1) is 5.56 Å². The highest BCUT2D eigenvalue weighted by Gasteiger charge is 2.35. The molecule has 0 radical (unpaired) electrons. The van der Waals surface area contributed by atoms with Crippen LogP contribution in [0, 0.1) is 11.3 Å². The first kappa shape index (κ1) is 16.1. The number of phenolic OH excluding ortho intramolecular Hbond substituents is 1. The van der Waals surface area contributed by atoms with Gasteiger partial charge in [-0.25, -0.2) is 0 Å². The van der Waals surface area contributed by atoms with Crippen molar-refractivity contribution in [3.63, 3.8) is 0 Å². The monoisotopic (exact) mass is 301 g/mol. The van der Waals surface area contributed by atoms with Crippen molar-refractivity contribution in [3.8, 4) is 5.75 Å². The summed E-state index contributed by atoms with van der Waals surface area (Å²) in [4.78, 5) is 2.18. The first-order valence-corrected chi connectivity index (χ1v) is 7.19. The van der Waals surface area contributed by atoms with Crippen LogP contribution in [0.1, 0.15) is 38.3 Å². The molecule has 118 valence electrons. The lowest BCUT2D eigenvalue weighted by Gasteiger charge is -2.27. The Hall–Kier alpha value is -1.23. The van der Waals surface area contributed by atoms with E-state index in [9.17, 15) is 18.3 Å². The van der Waals surface area contributed by atoms with Crippen molar-refractivity contribution in [1.82, 2.24) is 4.90 Å².